The van der Waals surface area contributed by atoms with Gasteiger partial charge in [0.15, 0.2) is 16.8 Å². The molecule has 0 saturated heterocycles. The molecule has 1 aliphatic heterocycles. The van der Waals surface area contributed by atoms with Crippen molar-refractivity contribution in [1.29, 1.82) is 0 Å². The number of alkyl halides is 3. The fourth-order valence-corrected chi connectivity index (χ4v) is 6.18. The summed E-state index contributed by atoms with van der Waals surface area (Å²) in [4.78, 5) is 8.87. The molecule has 0 amide bonds. The first-order valence-corrected chi connectivity index (χ1v) is 13.5. The molecule has 4 bridgehead atoms. The molecule has 0 N–H and O–H groups in total. The molecular weight excluding hydrogens is 547 g/mol. The van der Waals surface area contributed by atoms with Gasteiger partial charge in [-0.25, -0.2) is 18.0 Å². The van der Waals surface area contributed by atoms with Gasteiger partial charge in [-0.1, -0.05) is 6.07 Å². The minimum atomic E-state index is -4.54. The van der Waals surface area contributed by atoms with Gasteiger partial charge in [0, 0.05) is 66.4 Å². The molecule has 5 aromatic rings. The smallest absolute Gasteiger partial charge is 0.332 e. The van der Waals surface area contributed by atoms with Crippen molar-refractivity contribution in [2.24, 2.45) is 0 Å². The maximum Gasteiger partial charge on any atom is 0.416 e. The predicted octanol–water partition coefficient (Wildman–Crippen LogP) is 6.92. The number of aromatic nitrogens is 3. The number of hydrogen-bond donors (Lipinski definition) is 0. The molecule has 0 fully saturated rings. The number of anilines is 1. The zero-order valence-corrected chi connectivity index (χ0v) is 21.6. The van der Waals surface area contributed by atoms with Crippen molar-refractivity contribution < 1.29 is 26.2 Å². The van der Waals surface area contributed by atoms with Crippen LogP contribution in [-0.4, -0.2) is 25.3 Å². The Balaban J connectivity index is 1.42. The number of rotatable bonds is 3. The van der Waals surface area contributed by atoms with Gasteiger partial charge in [-0.05, 0) is 60.5 Å². The highest BCUT2D eigenvalue weighted by molar-refractivity contribution is 7.86. The third kappa shape index (κ3) is 4.74. The molecule has 40 heavy (non-hydrogen) atoms. The second-order valence-corrected chi connectivity index (χ2v) is 10.9. The zero-order chi connectivity index (χ0) is 28.0. The van der Waals surface area contributed by atoms with E-state index in [9.17, 15) is 17.4 Å². The van der Waals surface area contributed by atoms with Gasteiger partial charge in [0.1, 0.15) is 11.5 Å². The van der Waals surface area contributed by atoms with Gasteiger partial charge in [0.05, 0.1) is 16.1 Å². The van der Waals surface area contributed by atoms with Gasteiger partial charge in [0.2, 0.25) is 0 Å². The molecule has 1 aliphatic rings. The monoisotopic (exact) mass is 568 g/mol. The van der Waals surface area contributed by atoms with Gasteiger partial charge in [-0.3, -0.25) is 9.29 Å². The molecule has 204 valence electrons. The number of benzene rings is 2. The van der Waals surface area contributed by atoms with E-state index in [0.29, 0.717) is 24.2 Å². The second kappa shape index (κ2) is 10.1. The Hall–Kier alpha value is -4.12. The predicted molar refractivity (Wildman–Crippen MR) is 142 cm³/mol. The van der Waals surface area contributed by atoms with Crippen LogP contribution in [0.25, 0.3) is 22.2 Å². The van der Waals surface area contributed by atoms with E-state index < -0.39 is 34.4 Å². The Kier molecular flexibility index (Phi) is 6.61. The standard InChI is InChI=1S/C29H21F5N4OS/c30-25-8-9-26-27(31)24(25)14-20-17-37(28-23(20)13-19(16-36-28)18-3-1-10-35-15-18)11-2-12-38(26)40(39)22-6-4-21(5-7-22)29(32,33)34/h1,3-10,13,15-17H,2,11-12,14H2. The molecule has 5 nitrogen and oxygen atoms in total. The number of hydrogen-bond acceptors (Lipinski definition) is 3. The summed E-state index contributed by atoms with van der Waals surface area (Å²) >= 11 is 0. The van der Waals surface area contributed by atoms with Crippen molar-refractivity contribution in [2.75, 3.05) is 10.8 Å². The maximum atomic E-state index is 16.0. The van der Waals surface area contributed by atoms with Crippen LogP contribution in [0, 0.1) is 11.6 Å². The summed E-state index contributed by atoms with van der Waals surface area (Å²) in [5, 5.41) is 0.760. The van der Waals surface area contributed by atoms with Crippen LogP contribution in [0.4, 0.5) is 27.6 Å². The summed E-state index contributed by atoms with van der Waals surface area (Å²) in [6.45, 7) is 0.537. The largest absolute Gasteiger partial charge is 0.416 e. The summed E-state index contributed by atoms with van der Waals surface area (Å²) in [7, 11) is -2.04. The number of aryl methyl sites for hydroxylation is 1. The second-order valence-electron chi connectivity index (χ2n) is 9.45. The van der Waals surface area contributed by atoms with Crippen LogP contribution in [0.5, 0.6) is 0 Å². The van der Waals surface area contributed by atoms with Crippen molar-refractivity contribution in [1.82, 2.24) is 14.5 Å². The van der Waals surface area contributed by atoms with Crippen LogP contribution >= 0.6 is 0 Å². The van der Waals surface area contributed by atoms with E-state index in [4.69, 9.17) is 0 Å². The minimum absolute atomic E-state index is 0.0749. The Labute approximate surface area is 228 Å². The molecule has 11 heteroatoms. The van der Waals surface area contributed by atoms with E-state index in [0.717, 1.165) is 46.8 Å². The number of fused-ring (bicyclic) bond motifs is 7. The average Bonchev–Trinajstić information content (AvgIpc) is 3.29. The summed E-state index contributed by atoms with van der Waals surface area (Å²) in [5.74, 6) is -1.61. The van der Waals surface area contributed by atoms with Crippen LogP contribution in [0.1, 0.15) is 23.1 Å². The lowest BCUT2D eigenvalue weighted by molar-refractivity contribution is -0.137. The van der Waals surface area contributed by atoms with Gasteiger partial charge >= 0.3 is 6.18 Å². The van der Waals surface area contributed by atoms with E-state index >= 15 is 8.78 Å². The molecular formula is C29H21F5N4OS. The first kappa shape index (κ1) is 26.1. The molecule has 2 aromatic carbocycles. The molecule has 1 atom stereocenters. The number of nitrogens with zero attached hydrogens (tertiary/aromatic N) is 4. The van der Waals surface area contributed by atoms with Crippen LogP contribution in [0.3, 0.4) is 0 Å². The summed E-state index contributed by atoms with van der Waals surface area (Å²) in [6, 6.07) is 11.9. The highest BCUT2D eigenvalue weighted by atomic mass is 32.2. The fraction of sp³-hybridized carbons (Fsp3) is 0.172. The summed E-state index contributed by atoms with van der Waals surface area (Å²) in [5.41, 5.74) is 1.85. The lowest BCUT2D eigenvalue weighted by Crippen LogP contribution is -2.29. The van der Waals surface area contributed by atoms with Gasteiger partial charge in [-0.15, -0.1) is 0 Å². The molecule has 0 spiro atoms. The SMILES string of the molecule is O=S(c1ccc(C(F)(F)F)cc1)N1CCCn2cc(c3cc(-c4cccnc4)cnc32)Cc2c(F)ccc1c2F. The van der Waals surface area contributed by atoms with Crippen molar-refractivity contribution in [3.63, 3.8) is 0 Å². The summed E-state index contributed by atoms with van der Waals surface area (Å²) < 4.78 is 86.8. The molecule has 3 aromatic heterocycles. The van der Waals surface area contributed by atoms with Gasteiger partial charge in [0.25, 0.3) is 0 Å². The minimum Gasteiger partial charge on any atom is -0.332 e. The summed E-state index contributed by atoms with van der Waals surface area (Å²) in [6.07, 6.45) is 2.73. The Bertz CT molecular complexity index is 1740. The van der Waals surface area contributed by atoms with Crippen molar-refractivity contribution in [3.8, 4) is 11.1 Å². The van der Waals surface area contributed by atoms with Crippen molar-refractivity contribution in [3.05, 3.63) is 108 Å². The molecule has 6 rings (SSSR count). The Morgan fingerprint density at radius 2 is 1.73 bits per heavy atom. The van der Waals surface area contributed by atoms with E-state index in [1.54, 1.807) is 18.6 Å². The van der Waals surface area contributed by atoms with Crippen LogP contribution in [-0.2, 0) is 30.1 Å². The van der Waals surface area contributed by atoms with Gasteiger partial charge in [-0.2, -0.15) is 13.2 Å². The van der Waals surface area contributed by atoms with Gasteiger partial charge < -0.3 is 4.57 Å². The average molecular weight is 569 g/mol. The first-order valence-electron chi connectivity index (χ1n) is 12.4. The first-order chi connectivity index (χ1) is 19.2. The van der Waals surface area contributed by atoms with E-state index in [2.05, 4.69) is 9.97 Å². The lowest BCUT2D eigenvalue weighted by atomic mass is 10.0. The maximum absolute atomic E-state index is 16.0. The highest BCUT2D eigenvalue weighted by Crippen LogP contribution is 2.34. The van der Waals surface area contributed by atoms with Crippen LogP contribution in [0.2, 0.25) is 0 Å². The lowest BCUT2D eigenvalue weighted by Gasteiger charge is -2.25. The third-order valence-corrected chi connectivity index (χ3v) is 8.39. The number of halogens is 5. The quantitative estimate of drug-likeness (QED) is 0.222. The van der Waals surface area contributed by atoms with Crippen molar-refractivity contribution >= 4 is 27.7 Å². The zero-order valence-electron chi connectivity index (χ0n) is 20.8. The highest BCUT2D eigenvalue weighted by Gasteiger charge is 2.31. The van der Waals surface area contributed by atoms with E-state index in [-0.39, 0.29) is 29.1 Å². The molecule has 4 heterocycles. The van der Waals surface area contributed by atoms with Crippen LogP contribution in [0.15, 0.2) is 84.3 Å². The van der Waals surface area contributed by atoms with E-state index in [1.807, 2.05) is 29.0 Å². The number of pyridine rings is 2. The Morgan fingerprint density at radius 3 is 2.45 bits per heavy atom. The van der Waals surface area contributed by atoms with Crippen molar-refractivity contribution in [2.45, 2.75) is 30.5 Å². The normalized spacial score (nSPS) is 14.7. The molecule has 0 aliphatic carbocycles. The third-order valence-electron chi connectivity index (χ3n) is 6.94. The van der Waals surface area contributed by atoms with E-state index in [1.165, 1.54) is 10.4 Å². The molecule has 1 unspecified atom stereocenters. The fourth-order valence-electron chi connectivity index (χ4n) is 4.94. The topological polar surface area (TPSA) is 51.0 Å². The molecule has 0 radical (unpaired) electrons. The molecule has 0 saturated carbocycles. The Morgan fingerprint density at radius 1 is 0.925 bits per heavy atom. The van der Waals surface area contributed by atoms with Crippen LogP contribution < -0.4 is 4.31 Å².